The van der Waals surface area contributed by atoms with E-state index in [4.69, 9.17) is 0 Å². The summed E-state index contributed by atoms with van der Waals surface area (Å²) in [7, 11) is 0. The molecule has 2 aliphatic carbocycles. The summed E-state index contributed by atoms with van der Waals surface area (Å²) in [4.78, 5) is 0. The third kappa shape index (κ3) is 2.20. The number of alkyl halides is 2. The first-order chi connectivity index (χ1) is 6.23. The fourth-order valence-corrected chi connectivity index (χ4v) is 4.31. The molecule has 0 radical (unpaired) electrons. The van der Waals surface area contributed by atoms with Gasteiger partial charge >= 0.3 is 0 Å². The molecule has 0 N–H and O–H groups in total. The van der Waals surface area contributed by atoms with Gasteiger partial charge in [-0.1, -0.05) is 50.4 Å². The van der Waals surface area contributed by atoms with Crippen molar-refractivity contribution >= 4 is 31.9 Å². The molecule has 1 saturated carbocycles. The summed E-state index contributed by atoms with van der Waals surface area (Å²) in [5.41, 5.74) is 0. The van der Waals surface area contributed by atoms with Crippen molar-refractivity contribution in [2.75, 3.05) is 0 Å². The summed E-state index contributed by atoms with van der Waals surface area (Å²) in [6.45, 7) is 0. The van der Waals surface area contributed by atoms with Crippen LogP contribution in [0.5, 0.6) is 0 Å². The van der Waals surface area contributed by atoms with E-state index in [1.165, 1.54) is 38.5 Å². The molecule has 2 rings (SSSR count). The van der Waals surface area contributed by atoms with Crippen LogP contribution in [0, 0.1) is 11.8 Å². The molecule has 0 amide bonds. The van der Waals surface area contributed by atoms with Gasteiger partial charge in [-0.2, -0.15) is 0 Å². The Kier molecular flexibility index (Phi) is 3.19. The second-order valence-corrected chi connectivity index (χ2v) is 7.91. The molecule has 0 nitrogen and oxygen atoms in total. The molecule has 0 heterocycles. The van der Waals surface area contributed by atoms with E-state index in [1.807, 2.05) is 0 Å². The van der Waals surface area contributed by atoms with Crippen LogP contribution >= 0.6 is 31.9 Å². The van der Waals surface area contributed by atoms with Crippen molar-refractivity contribution < 1.29 is 0 Å². The fraction of sp³-hybridized carbons (Fsp3) is 0.818. The number of rotatable bonds is 0. The van der Waals surface area contributed by atoms with Crippen molar-refractivity contribution in [3.8, 4) is 0 Å². The lowest BCUT2D eigenvalue weighted by Crippen LogP contribution is -1.88. The predicted molar refractivity (Wildman–Crippen MR) is 64.4 cm³/mol. The Labute approximate surface area is 97.4 Å². The highest BCUT2D eigenvalue weighted by atomic mass is 79.9. The summed E-state index contributed by atoms with van der Waals surface area (Å²) < 4.78 is 0.304. The second-order valence-electron chi connectivity index (χ2n) is 4.22. The zero-order valence-electron chi connectivity index (χ0n) is 7.81. The average Bonchev–Trinajstić information content (AvgIpc) is 2.63. The largest absolute Gasteiger partial charge is 0.0885 e. The van der Waals surface area contributed by atoms with Crippen molar-refractivity contribution in [3.05, 3.63) is 12.2 Å². The molecule has 0 bridgehead atoms. The van der Waals surface area contributed by atoms with Crippen LogP contribution in [0.15, 0.2) is 12.2 Å². The fourth-order valence-electron chi connectivity index (χ4n) is 2.39. The normalized spacial score (nSPS) is 40.5. The zero-order valence-corrected chi connectivity index (χ0v) is 11.0. The minimum atomic E-state index is 0.304. The zero-order chi connectivity index (χ0) is 9.31. The highest BCUT2D eigenvalue weighted by molar-refractivity contribution is 9.25. The van der Waals surface area contributed by atoms with Crippen LogP contribution in [0.4, 0.5) is 0 Å². The van der Waals surface area contributed by atoms with Gasteiger partial charge < -0.3 is 0 Å². The SMILES string of the molecule is BrC1(Br)[C@H]2CC/C=C\CCCC[C@@H]21. The minimum Gasteiger partial charge on any atom is -0.0885 e. The quantitative estimate of drug-likeness (QED) is 0.452. The highest BCUT2D eigenvalue weighted by Gasteiger charge is 2.59. The molecule has 74 valence electrons. The maximum atomic E-state index is 3.79. The summed E-state index contributed by atoms with van der Waals surface area (Å²) in [6, 6.07) is 0. The van der Waals surface area contributed by atoms with E-state index in [0.717, 1.165) is 11.8 Å². The Morgan fingerprint density at radius 3 is 2.46 bits per heavy atom. The van der Waals surface area contributed by atoms with Crippen LogP contribution in [0.1, 0.15) is 38.5 Å². The summed E-state index contributed by atoms with van der Waals surface area (Å²) >= 11 is 7.58. The number of allylic oxidation sites excluding steroid dienone is 2. The van der Waals surface area contributed by atoms with Gasteiger partial charge in [-0.15, -0.1) is 0 Å². The van der Waals surface area contributed by atoms with Crippen LogP contribution in [0.3, 0.4) is 0 Å². The molecular formula is C11H16Br2. The lowest BCUT2D eigenvalue weighted by Gasteiger charge is -2.00. The molecule has 0 spiro atoms. The van der Waals surface area contributed by atoms with E-state index in [9.17, 15) is 0 Å². The van der Waals surface area contributed by atoms with Gasteiger partial charge in [0.05, 0.1) is 3.23 Å². The first-order valence-electron chi connectivity index (χ1n) is 5.25. The van der Waals surface area contributed by atoms with Gasteiger partial charge in [-0.25, -0.2) is 0 Å². The van der Waals surface area contributed by atoms with Gasteiger partial charge in [-0.05, 0) is 43.9 Å². The lowest BCUT2D eigenvalue weighted by molar-refractivity contribution is 0.566. The Morgan fingerprint density at radius 2 is 1.62 bits per heavy atom. The van der Waals surface area contributed by atoms with E-state index in [0.29, 0.717) is 3.23 Å². The summed E-state index contributed by atoms with van der Waals surface area (Å²) in [5.74, 6) is 1.76. The van der Waals surface area contributed by atoms with Crippen molar-refractivity contribution in [2.45, 2.75) is 41.8 Å². The third-order valence-electron chi connectivity index (χ3n) is 3.31. The summed E-state index contributed by atoms with van der Waals surface area (Å²) in [6.07, 6.45) is 12.8. The van der Waals surface area contributed by atoms with Crippen molar-refractivity contribution in [1.82, 2.24) is 0 Å². The smallest absolute Gasteiger partial charge is 0.0868 e. The molecule has 13 heavy (non-hydrogen) atoms. The molecule has 0 aromatic heterocycles. The van der Waals surface area contributed by atoms with Crippen LogP contribution < -0.4 is 0 Å². The summed E-state index contributed by atoms with van der Waals surface area (Å²) in [5, 5.41) is 0. The van der Waals surface area contributed by atoms with Crippen molar-refractivity contribution in [2.24, 2.45) is 11.8 Å². The maximum absolute atomic E-state index is 3.79. The number of fused-ring (bicyclic) bond motifs is 1. The second kappa shape index (κ2) is 4.06. The first kappa shape index (κ1) is 10.2. The van der Waals surface area contributed by atoms with Gasteiger partial charge in [0, 0.05) is 0 Å². The molecule has 1 fully saturated rings. The number of halogens is 2. The van der Waals surface area contributed by atoms with Crippen LogP contribution in [-0.4, -0.2) is 3.23 Å². The van der Waals surface area contributed by atoms with E-state index in [2.05, 4.69) is 44.0 Å². The molecule has 2 aliphatic rings. The Bertz CT molecular complexity index is 208. The van der Waals surface area contributed by atoms with Crippen LogP contribution in [0.2, 0.25) is 0 Å². The Balaban J connectivity index is 1.93. The van der Waals surface area contributed by atoms with Gasteiger partial charge in [0.1, 0.15) is 0 Å². The van der Waals surface area contributed by atoms with Crippen LogP contribution in [0.25, 0.3) is 0 Å². The lowest BCUT2D eigenvalue weighted by atomic mass is 10.1. The number of hydrogen-bond acceptors (Lipinski definition) is 0. The monoisotopic (exact) mass is 306 g/mol. The molecule has 0 aromatic rings. The van der Waals surface area contributed by atoms with Gasteiger partial charge in [0.2, 0.25) is 0 Å². The maximum Gasteiger partial charge on any atom is 0.0868 e. The van der Waals surface area contributed by atoms with E-state index in [-0.39, 0.29) is 0 Å². The molecule has 0 aromatic carbocycles. The Hall–Kier alpha value is 0.700. The van der Waals surface area contributed by atoms with E-state index >= 15 is 0 Å². The first-order valence-corrected chi connectivity index (χ1v) is 6.84. The predicted octanol–water partition coefficient (Wildman–Crippen LogP) is 4.63. The molecule has 0 unspecified atom stereocenters. The highest BCUT2D eigenvalue weighted by Crippen LogP contribution is 2.65. The van der Waals surface area contributed by atoms with Crippen molar-refractivity contribution in [1.29, 1.82) is 0 Å². The Morgan fingerprint density at radius 1 is 0.923 bits per heavy atom. The van der Waals surface area contributed by atoms with E-state index < -0.39 is 0 Å². The van der Waals surface area contributed by atoms with Gasteiger partial charge in [0.25, 0.3) is 0 Å². The van der Waals surface area contributed by atoms with Gasteiger partial charge in [0.15, 0.2) is 0 Å². The molecule has 2 atom stereocenters. The molecule has 2 heteroatoms. The van der Waals surface area contributed by atoms with Crippen LogP contribution in [-0.2, 0) is 0 Å². The molecule has 0 aliphatic heterocycles. The standard InChI is InChI=1S/C11H16Br2/c12-11(13)9-7-5-3-1-2-4-6-8-10(9)11/h1,3,9-10H,2,4-8H2/b3-1-/t9-,10-/m0/s1. The minimum absolute atomic E-state index is 0.304. The average molecular weight is 308 g/mol. The van der Waals surface area contributed by atoms with E-state index in [1.54, 1.807) is 0 Å². The van der Waals surface area contributed by atoms with Crippen molar-refractivity contribution in [3.63, 3.8) is 0 Å². The third-order valence-corrected chi connectivity index (χ3v) is 5.66. The van der Waals surface area contributed by atoms with Gasteiger partial charge in [-0.3, -0.25) is 0 Å². The molecular weight excluding hydrogens is 292 g/mol. The topological polar surface area (TPSA) is 0 Å². The molecule has 0 saturated heterocycles. The number of hydrogen-bond donors (Lipinski definition) is 0.